The molecule has 3 aromatic rings. The SMILES string of the molecule is COc1ccc(N2CCN(c3cc(Cl)nc(SCC(=O)N(C)CCc4ccc(OC)c(OC)c4)n3)CC2)cc1. The van der Waals surface area contributed by atoms with Crippen molar-refractivity contribution in [1.82, 2.24) is 14.9 Å². The number of aromatic nitrogens is 2. The number of ether oxygens (including phenoxy) is 3. The van der Waals surface area contributed by atoms with E-state index >= 15 is 0 Å². The maximum Gasteiger partial charge on any atom is 0.232 e. The van der Waals surface area contributed by atoms with Crippen molar-refractivity contribution in [1.29, 1.82) is 0 Å². The molecule has 1 saturated heterocycles. The van der Waals surface area contributed by atoms with Gasteiger partial charge in [0.25, 0.3) is 0 Å². The molecule has 1 fully saturated rings. The van der Waals surface area contributed by atoms with E-state index in [0.717, 1.165) is 43.3 Å². The fraction of sp³-hybridized carbons (Fsp3) is 0.393. The van der Waals surface area contributed by atoms with Gasteiger partial charge in [0.2, 0.25) is 5.91 Å². The minimum absolute atomic E-state index is 0.00120. The van der Waals surface area contributed by atoms with Gasteiger partial charge in [-0.3, -0.25) is 4.79 Å². The first-order valence-electron chi connectivity index (χ1n) is 12.7. The smallest absolute Gasteiger partial charge is 0.232 e. The summed E-state index contributed by atoms with van der Waals surface area (Å²) in [5.41, 5.74) is 2.23. The number of halogens is 1. The lowest BCUT2D eigenvalue weighted by Gasteiger charge is -2.36. The molecule has 4 rings (SSSR count). The van der Waals surface area contributed by atoms with Crippen LogP contribution in [0.15, 0.2) is 53.7 Å². The zero-order chi connectivity index (χ0) is 27.8. The number of anilines is 2. The number of carbonyl (C=O) groups excluding carboxylic acids is 1. The Kier molecular flexibility index (Phi) is 10.00. The summed E-state index contributed by atoms with van der Waals surface area (Å²) in [5, 5.41) is 0.867. The highest BCUT2D eigenvalue weighted by Gasteiger charge is 2.20. The standard InChI is InChI=1S/C28H34ClN5O4S/c1-32(12-11-20-5-10-23(37-3)24(17-20)38-4)27(35)19-39-28-30-25(29)18-26(31-28)34-15-13-33(14-16-34)21-6-8-22(36-2)9-7-21/h5-10,17-18H,11-16,19H2,1-4H3. The zero-order valence-corrected chi connectivity index (χ0v) is 24.3. The van der Waals surface area contributed by atoms with Crippen molar-refractivity contribution < 1.29 is 19.0 Å². The summed E-state index contributed by atoms with van der Waals surface area (Å²) in [7, 11) is 6.69. The van der Waals surface area contributed by atoms with Crippen LogP contribution in [0.25, 0.3) is 0 Å². The van der Waals surface area contributed by atoms with E-state index in [0.29, 0.717) is 34.8 Å². The number of rotatable bonds is 11. The molecule has 1 amide bonds. The number of thioether (sulfide) groups is 1. The van der Waals surface area contributed by atoms with Gasteiger partial charge in [-0.1, -0.05) is 29.4 Å². The molecule has 1 aromatic heterocycles. The lowest BCUT2D eigenvalue weighted by molar-refractivity contribution is -0.127. The van der Waals surface area contributed by atoms with Gasteiger partial charge in [0.15, 0.2) is 16.7 Å². The van der Waals surface area contributed by atoms with Crippen LogP contribution in [0.4, 0.5) is 11.5 Å². The third kappa shape index (κ3) is 7.60. The van der Waals surface area contributed by atoms with Gasteiger partial charge in [-0.25, -0.2) is 9.97 Å². The third-order valence-corrected chi connectivity index (χ3v) is 7.66. The first-order chi connectivity index (χ1) is 18.9. The van der Waals surface area contributed by atoms with Crippen LogP contribution in [0.2, 0.25) is 5.15 Å². The van der Waals surface area contributed by atoms with Crippen LogP contribution < -0.4 is 24.0 Å². The average Bonchev–Trinajstić information content (AvgIpc) is 2.98. The molecular formula is C28H34ClN5O4S. The summed E-state index contributed by atoms with van der Waals surface area (Å²) >= 11 is 7.64. The summed E-state index contributed by atoms with van der Waals surface area (Å²) in [6, 6.07) is 15.7. The summed E-state index contributed by atoms with van der Waals surface area (Å²) in [4.78, 5) is 28.1. The molecular weight excluding hydrogens is 538 g/mol. The van der Waals surface area contributed by atoms with Crippen molar-refractivity contribution in [3.05, 3.63) is 59.2 Å². The predicted octanol–water partition coefficient (Wildman–Crippen LogP) is 4.28. The fourth-order valence-corrected chi connectivity index (χ4v) is 5.31. The molecule has 0 atom stereocenters. The first-order valence-corrected chi connectivity index (χ1v) is 14.0. The predicted molar refractivity (Wildman–Crippen MR) is 156 cm³/mol. The van der Waals surface area contributed by atoms with Crippen LogP contribution in [0, 0.1) is 0 Å². The third-order valence-electron chi connectivity index (χ3n) is 6.64. The van der Waals surface area contributed by atoms with Crippen LogP contribution in [-0.4, -0.2) is 87.6 Å². The van der Waals surface area contributed by atoms with Crippen LogP contribution >= 0.6 is 23.4 Å². The molecule has 9 nitrogen and oxygen atoms in total. The largest absolute Gasteiger partial charge is 0.497 e. The quantitative estimate of drug-likeness (QED) is 0.190. The second-order valence-corrected chi connectivity index (χ2v) is 10.4. The van der Waals surface area contributed by atoms with Gasteiger partial charge in [0, 0.05) is 51.5 Å². The van der Waals surface area contributed by atoms with Crippen molar-refractivity contribution >= 4 is 40.8 Å². The Balaban J connectivity index is 1.28. The van der Waals surface area contributed by atoms with Crippen molar-refractivity contribution in [2.45, 2.75) is 11.6 Å². The van der Waals surface area contributed by atoms with Crippen molar-refractivity contribution in [3.63, 3.8) is 0 Å². The number of carbonyl (C=O) groups is 1. The van der Waals surface area contributed by atoms with Gasteiger partial charge in [-0.15, -0.1) is 0 Å². The molecule has 1 aliphatic heterocycles. The second kappa shape index (κ2) is 13.6. The average molecular weight is 572 g/mol. The molecule has 0 aliphatic carbocycles. The van der Waals surface area contributed by atoms with Gasteiger partial charge in [-0.05, 0) is 48.4 Å². The van der Waals surface area contributed by atoms with E-state index in [9.17, 15) is 4.79 Å². The number of amides is 1. The minimum Gasteiger partial charge on any atom is -0.497 e. The van der Waals surface area contributed by atoms with Crippen molar-refractivity contribution in [3.8, 4) is 17.2 Å². The summed E-state index contributed by atoms with van der Waals surface area (Å²) < 4.78 is 15.9. The van der Waals surface area contributed by atoms with Gasteiger partial charge in [-0.2, -0.15) is 0 Å². The van der Waals surface area contributed by atoms with Crippen LogP contribution in [0.5, 0.6) is 17.2 Å². The van der Waals surface area contributed by atoms with E-state index in [-0.39, 0.29) is 11.7 Å². The maximum atomic E-state index is 12.8. The van der Waals surface area contributed by atoms with E-state index in [1.165, 1.54) is 17.4 Å². The summed E-state index contributed by atoms with van der Waals surface area (Å²) in [6.07, 6.45) is 0.702. The number of nitrogens with zero attached hydrogens (tertiary/aromatic N) is 5. The van der Waals surface area contributed by atoms with Gasteiger partial charge in [0.05, 0.1) is 27.1 Å². The molecule has 0 saturated carbocycles. The normalized spacial score (nSPS) is 13.3. The summed E-state index contributed by atoms with van der Waals surface area (Å²) in [6.45, 7) is 3.91. The topological polar surface area (TPSA) is 80.3 Å². The number of hydrogen-bond acceptors (Lipinski definition) is 9. The molecule has 0 unspecified atom stereocenters. The number of piperazine rings is 1. The molecule has 2 aromatic carbocycles. The number of benzene rings is 2. The van der Waals surface area contributed by atoms with Gasteiger partial charge < -0.3 is 28.9 Å². The van der Waals surface area contributed by atoms with E-state index in [1.54, 1.807) is 39.3 Å². The molecule has 0 N–H and O–H groups in total. The monoisotopic (exact) mass is 571 g/mol. The van der Waals surface area contributed by atoms with Crippen LogP contribution in [0.1, 0.15) is 5.56 Å². The fourth-order valence-electron chi connectivity index (χ4n) is 4.29. The highest BCUT2D eigenvalue weighted by molar-refractivity contribution is 7.99. The Labute approximate surface area is 239 Å². The van der Waals surface area contributed by atoms with Crippen molar-refractivity contribution in [2.24, 2.45) is 0 Å². The van der Waals surface area contributed by atoms with E-state index in [2.05, 4.69) is 26.9 Å². The Morgan fingerprint density at radius 2 is 1.62 bits per heavy atom. The summed E-state index contributed by atoms with van der Waals surface area (Å²) in [5.74, 6) is 3.21. The highest BCUT2D eigenvalue weighted by Crippen LogP contribution is 2.28. The van der Waals surface area contributed by atoms with E-state index in [1.807, 2.05) is 30.3 Å². The molecule has 0 radical (unpaired) electrons. The molecule has 39 heavy (non-hydrogen) atoms. The molecule has 2 heterocycles. The number of likely N-dealkylation sites (N-methyl/N-ethyl adjacent to an activating group) is 1. The molecule has 208 valence electrons. The molecule has 0 bridgehead atoms. The first kappa shape index (κ1) is 28.6. The van der Waals surface area contributed by atoms with Crippen molar-refractivity contribution in [2.75, 3.05) is 76.7 Å². The lowest BCUT2D eigenvalue weighted by Crippen LogP contribution is -2.46. The van der Waals surface area contributed by atoms with E-state index in [4.69, 9.17) is 30.8 Å². The Bertz CT molecular complexity index is 1260. The van der Waals surface area contributed by atoms with Crippen LogP contribution in [0.3, 0.4) is 0 Å². The number of methoxy groups -OCH3 is 3. The Hall–Kier alpha value is -3.37. The Morgan fingerprint density at radius 1 is 0.923 bits per heavy atom. The molecule has 1 aliphatic rings. The lowest BCUT2D eigenvalue weighted by atomic mass is 10.1. The second-order valence-electron chi connectivity index (χ2n) is 9.05. The maximum absolute atomic E-state index is 12.8. The van der Waals surface area contributed by atoms with Crippen LogP contribution in [-0.2, 0) is 11.2 Å². The van der Waals surface area contributed by atoms with Gasteiger partial charge >= 0.3 is 0 Å². The molecule has 11 heteroatoms. The number of hydrogen-bond donors (Lipinski definition) is 0. The van der Waals surface area contributed by atoms with E-state index < -0.39 is 0 Å². The molecule has 0 spiro atoms. The zero-order valence-electron chi connectivity index (χ0n) is 22.7. The highest BCUT2D eigenvalue weighted by atomic mass is 35.5. The minimum atomic E-state index is -0.00120. The van der Waals surface area contributed by atoms with Gasteiger partial charge in [0.1, 0.15) is 16.7 Å². The Morgan fingerprint density at radius 3 is 2.28 bits per heavy atom.